The van der Waals surface area contributed by atoms with Crippen LogP contribution in [0.25, 0.3) is 22.2 Å². The van der Waals surface area contributed by atoms with Crippen LogP contribution in [0.5, 0.6) is 0 Å². The maximum absolute atomic E-state index is 13.0. The number of carbonyl (C=O) groups is 1. The first-order valence-corrected chi connectivity index (χ1v) is 12.9. The molecule has 1 heterocycles. The first kappa shape index (κ1) is 23.0. The summed E-state index contributed by atoms with van der Waals surface area (Å²) in [5.74, 6) is -0.150. The van der Waals surface area contributed by atoms with E-state index in [2.05, 4.69) is 10.3 Å². The van der Waals surface area contributed by atoms with Crippen molar-refractivity contribution in [2.24, 2.45) is 5.14 Å². The van der Waals surface area contributed by atoms with Crippen molar-refractivity contribution < 1.29 is 13.2 Å². The second-order valence-corrected chi connectivity index (χ2v) is 10.4. The Morgan fingerprint density at radius 1 is 1.09 bits per heavy atom. The molecule has 0 bridgehead atoms. The largest absolute Gasteiger partial charge is 0.325 e. The fourth-order valence-corrected chi connectivity index (χ4v) is 5.09. The highest BCUT2D eigenvalue weighted by atomic mass is 32.2. The van der Waals surface area contributed by atoms with E-state index < -0.39 is 15.3 Å². The van der Waals surface area contributed by atoms with Crippen LogP contribution in [0.1, 0.15) is 13.8 Å². The molecule has 0 aliphatic rings. The van der Waals surface area contributed by atoms with Gasteiger partial charge < -0.3 is 9.88 Å². The molecule has 0 saturated carbocycles. The Balaban J connectivity index is 1.58. The fourth-order valence-electron chi connectivity index (χ4n) is 3.57. The molecule has 4 rings (SSSR count). The molecule has 3 N–H and O–H groups in total. The standard InChI is InChI=1S/C24H24N4O3S2/c1-3-28-22-14-13-18(33(25,30)31)15-21(22)27-24(28)32-16(2)23(29)26-20-12-8-7-11-19(20)17-9-5-4-6-10-17/h4-16H,3H2,1-2H3,(H,26,29)(H2,25,30,31). The van der Waals surface area contributed by atoms with Crippen molar-refractivity contribution in [3.8, 4) is 11.1 Å². The summed E-state index contributed by atoms with van der Waals surface area (Å²) in [4.78, 5) is 17.6. The topological polar surface area (TPSA) is 107 Å². The van der Waals surface area contributed by atoms with Crippen LogP contribution in [-0.4, -0.2) is 29.1 Å². The number of para-hydroxylation sites is 1. The number of aryl methyl sites for hydroxylation is 1. The minimum atomic E-state index is -3.82. The molecule has 0 aliphatic carbocycles. The van der Waals surface area contributed by atoms with Gasteiger partial charge >= 0.3 is 0 Å². The van der Waals surface area contributed by atoms with Crippen LogP contribution in [0.3, 0.4) is 0 Å². The lowest BCUT2D eigenvalue weighted by molar-refractivity contribution is -0.115. The highest BCUT2D eigenvalue weighted by Crippen LogP contribution is 2.31. The Kier molecular flexibility index (Phi) is 6.55. The van der Waals surface area contributed by atoms with E-state index in [0.717, 1.165) is 22.3 Å². The maximum Gasteiger partial charge on any atom is 0.238 e. The molecule has 1 atom stereocenters. The third-order valence-corrected chi connectivity index (χ3v) is 7.25. The van der Waals surface area contributed by atoms with Gasteiger partial charge in [-0.15, -0.1) is 0 Å². The molecule has 170 valence electrons. The molecule has 0 saturated heterocycles. The quantitative estimate of drug-likeness (QED) is 0.379. The first-order chi connectivity index (χ1) is 15.8. The molecule has 0 fully saturated rings. The summed E-state index contributed by atoms with van der Waals surface area (Å²) in [6.45, 7) is 4.42. The van der Waals surface area contributed by atoms with Crippen LogP contribution in [0.15, 0.2) is 82.8 Å². The van der Waals surface area contributed by atoms with E-state index in [1.165, 1.54) is 23.9 Å². The third-order valence-electron chi connectivity index (χ3n) is 5.25. The zero-order valence-electron chi connectivity index (χ0n) is 18.2. The summed E-state index contributed by atoms with van der Waals surface area (Å²) < 4.78 is 25.3. The van der Waals surface area contributed by atoms with E-state index in [0.29, 0.717) is 17.2 Å². The van der Waals surface area contributed by atoms with Crippen LogP contribution in [-0.2, 0) is 21.4 Å². The molecule has 1 unspecified atom stereocenters. The van der Waals surface area contributed by atoms with Gasteiger partial charge in [0.15, 0.2) is 5.16 Å². The Morgan fingerprint density at radius 2 is 1.79 bits per heavy atom. The molecule has 7 nitrogen and oxygen atoms in total. The van der Waals surface area contributed by atoms with E-state index in [1.54, 1.807) is 6.07 Å². The molecule has 1 amide bonds. The minimum Gasteiger partial charge on any atom is -0.325 e. The normalized spacial score (nSPS) is 12.6. The van der Waals surface area contributed by atoms with Gasteiger partial charge in [-0.1, -0.05) is 60.3 Å². The van der Waals surface area contributed by atoms with Gasteiger partial charge in [0.1, 0.15) is 0 Å². The predicted octanol–water partition coefficient (Wildman–Crippen LogP) is 4.49. The summed E-state index contributed by atoms with van der Waals surface area (Å²) in [5.41, 5.74) is 4.01. The molecule has 0 spiro atoms. The van der Waals surface area contributed by atoms with Crippen LogP contribution in [0.4, 0.5) is 5.69 Å². The number of rotatable bonds is 7. The molecular weight excluding hydrogens is 456 g/mol. The summed E-state index contributed by atoms with van der Waals surface area (Å²) >= 11 is 1.32. The molecule has 0 radical (unpaired) electrons. The van der Waals surface area contributed by atoms with E-state index in [1.807, 2.05) is 73.0 Å². The van der Waals surface area contributed by atoms with Gasteiger partial charge in [0.2, 0.25) is 15.9 Å². The van der Waals surface area contributed by atoms with E-state index in [9.17, 15) is 13.2 Å². The SMILES string of the molecule is CCn1c(SC(C)C(=O)Nc2ccccc2-c2ccccc2)nc2cc(S(N)(=O)=O)ccc21. The first-order valence-electron chi connectivity index (χ1n) is 10.4. The van der Waals surface area contributed by atoms with Crippen molar-refractivity contribution in [2.45, 2.75) is 35.7 Å². The summed E-state index contributed by atoms with van der Waals surface area (Å²) in [6.07, 6.45) is 0. The zero-order chi connectivity index (χ0) is 23.6. The number of benzene rings is 3. The van der Waals surface area contributed by atoms with Gasteiger partial charge in [-0.3, -0.25) is 4.79 Å². The lowest BCUT2D eigenvalue weighted by Crippen LogP contribution is -2.23. The van der Waals surface area contributed by atoms with Crippen LogP contribution in [0.2, 0.25) is 0 Å². The highest BCUT2D eigenvalue weighted by molar-refractivity contribution is 8.00. The van der Waals surface area contributed by atoms with Gasteiger partial charge in [0.05, 0.1) is 21.2 Å². The number of fused-ring (bicyclic) bond motifs is 1. The summed E-state index contributed by atoms with van der Waals surface area (Å²) in [7, 11) is -3.82. The number of primary sulfonamides is 1. The molecule has 4 aromatic rings. The number of nitrogens with zero attached hydrogens (tertiary/aromatic N) is 2. The average Bonchev–Trinajstić information content (AvgIpc) is 3.15. The van der Waals surface area contributed by atoms with Crippen LogP contribution >= 0.6 is 11.8 Å². The number of hydrogen-bond donors (Lipinski definition) is 2. The van der Waals surface area contributed by atoms with Gasteiger partial charge in [0, 0.05) is 17.8 Å². The van der Waals surface area contributed by atoms with E-state index in [-0.39, 0.29) is 10.8 Å². The van der Waals surface area contributed by atoms with E-state index >= 15 is 0 Å². The van der Waals surface area contributed by atoms with Gasteiger partial charge in [-0.25, -0.2) is 18.5 Å². The van der Waals surface area contributed by atoms with Gasteiger partial charge in [-0.2, -0.15) is 0 Å². The molecular formula is C24H24N4O3S2. The Hall–Kier alpha value is -3.14. The average molecular weight is 481 g/mol. The molecule has 9 heteroatoms. The number of hydrogen-bond acceptors (Lipinski definition) is 5. The number of thioether (sulfide) groups is 1. The zero-order valence-corrected chi connectivity index (χ0v) is 19.9. The third kappa shape index (κ3) is 4.95. The van der Waals surface area contributed by atoms with Crippen molar-refractivity contribution in [1.82, 2.24) is 9.55 Å². The van der Waals surface area contributed by atoms with Crippen LogP contribution < -0.4 is 10.5 Å². The number of carbonyl (C=O) groups excluding carboxylic acids is 1. The van der Waals surface area contributed by atoms with Crippen molar-refractivity contribution in [2.75, 3.05) is 5.32 Å². The van der Waals surface area contributed by atoms with Crippen molar-refractivity contribution in [3.05, 3.63) is 72.8 Å². The number of anilines is 1. The molecule has 33 heavy (non-hydrogen) atoms. The number of sulfonamides is 1. The second kappa shape index (κ2) is 9.38. The summed E-state index contributed by atoms with van der Waals surface area (Å²) in [5, 5.41) is 8.49. The number of nitrogens with one attached hydrogen (secondary N) is 1. The molecule has 0 aliphatic heterocycles. The number of aromatic nitrogens is 2. The fraction of sp³-hybridized carbons (Fsp3) is 0.167. The Morgan fingerprint density at radius 3 is 2.48 bits per heavy atom. The maximum atomic E-state index is 13.0. The smallest absolute Gasteiger partial charge is 0.238 e. The van der Waals surface area contributed by atoms with Crippen molar-refractivity contribution in [3.63, 3.8) is 0 Å². The lowest BCUT2D eigenvalue weighted by Gasteiger charge is -2.15. The van der Waals surface area contributed by atoms with E-state index in [4.69, 9.17) is 5.14 Å². The highest BCUT2D eigenvalue weighted by Gasteiger charge is 2.21. The lowest BCUT2D eigenvalue weighted by atomic mass is 10.0. The van der Waals surface area contributed by atoms with Gasteiger partial charge in [0.25, 0.3) is 0 Å². The summed E-state index contributed by atoms with van der Waals surface area (Å²) in [6, 6.07) is 22.2. The Bertz CT molecular complexity index is 1420. The molecule has 3 aromatic carbocycles. The number of nitrogens with two attached hydrogens (primary N) is 1. The van der Waals surface area contributed by atoms with Crippen molar-refractivity contribution >= 4 is 44.4 Å². The second-order valence-electron chi connectivity index (χ2n) is 7.50. The monoisotopic (exact) mass is 480 g/mol. The minimum absolute atomic E-state index is 0.00983. The van der Waals surface area contributed by atoms with Gasteiger partial charge in [-0.05, 0) is 43.7 Å². The molecule has 1 aromatic heterocycles. The van der Waals surface area contributed by atoms with Crippen LogP contribution in [0, 0.1) is 0 Å². The number of imidazole rings is 1. The Labute approximate surface area is 197 Å². The van der Waals surface area contributed by atoms with Crippen molar-refractivity contribution in [1.29, 1.82) is 0 Å². The predicted molar refractivity (Wildman–Crippen MR) is 133 cm³/mol. The number of amides is 1.